The smallest absolute Gasteiger partial charge is 0.405 e. The minimum Gasteiger partial charge on any atom is -0.461 e. The Morgan fingerprint density at radius 2 is 1.92 bits per heavy atom. The fourth-order valence-electron chi connectivity index (χ4n) is 5.60. The molecule has 5 rings (SSSR count). The van der Waals surface area contributed by atoms with Gasteiger partial charge < -0.3 is 10.1 Å². The molecule has 0 atom stereocenters. The second kappa shape index (κ2) is 10.5. The van der Waals surface area contributed by atoms with Gasteiger partial charge in [-0.2, -0.15) is 23.1 Å². The average molecular weight is 530 g/mol. The maximum atomic E-state index is 16.0. The number of nitrogens with one attached hydrogen (secondary N) is 1. The fraction of sp³-hybridized carbons (Fsp3) is 0.464. The maximum Gasteiger partial charge on any atom is 0.405 e. The van der Waals surface area contributed by atoms with E-state index in [0.717, 1.165) is 56.3 Å². The highest BCUT2D eigenvalue weighted by Crippen LogP contribution is 2.39. The molecule has 6 nitrogen and oxygen atoms in total. The molecule has 2 aliphatic rings. The van der Waals surface area contributed by atoms with Crippen LogP contribution >= 0.6 is 0 Å². The first-order chi connectivity index (χ1) is 18.2. The van der Waals surface area contributed by atoms with Crippen LogP contribution in [0.5, 0.6) is 6.01 Å². The van der Waals surface area contributed by atoms with E-state index in [1.54, 1.807) is 6.07 Å². The summed E-state index contributed by atoms with van der Waals surface area (Å²) >= 11 is 0. The quantitative estimate of drug-likeness (QED) is 0.334. The summed E-state index contributed by atoms with van der Waals surface area (Å²) in [6.45, 7) is 4.88. The van der Waals surface area contributed by atoms with Crippen molar-refractivity contribution in [3.8, 4) is 17.3 Å². The first-order valence-electron chi connectivity index (χ1n) is 13.0. The molecule has 0 unspecified atom stereocenters. The normalized spacial score (nSPS) is 17.4. The third kappa shape index (κ3) is 5.18. The molecule has 0 spiro atoms. The van der Waals surface area contributed by atoms with Gasteiger partial charge in [0.15, 0.2) is 5.82 Å². The van der Waals surface area contributed by atoms with E-state index >= 15 is 4.39 Å². The number of hydrogen-bond donors (Lipinski definition) is 1. The monoisotopic (exact) mass is 529 g/mol. The van der Waals surface area contributed by atoms with Gasteiger partial charge in [-0.25, -0.2) is 4.39 Å². The van der Waals surface area contributed by atoms with E-state index in [9.17, 15) is 13.2 Å². The summed E-state index contributed by atoms with van der Waals surface area (Å²) in [7, 11) is 0. The molecule has 2 aromatic heterocycles. The summed E-state index contributed by atoms with van der Waals surface area (Å²) in [5, 5.41) is 2.35. The highest BCUT2D eigenvalue weighted by Gasteiger charge is 2.45. The zero-order valence-corrected chi connectivity index (χ0v) is 21.5. The number of alkyl halides is 3. The molecule has 0 bridgehead atoms. The number of nitrogens with zero attached hydrogens (tertiary/aromatic N) is 4. The summed E-state index contributed by atoms with van der Waals surface area (Å²) in [5.74, 6) is -0.894. The summed E-state index contributed by atoms with van der Waals surface area (Å²) in [4.78, 5) is 15.2. The molecule has 0 saturated carbocycles. The second-order valence-corrected chi connectivity index (χ2v) is 10.0. The number of anilines is 1. The summed E-state index contributed by atoms with van der Waals surface area (Å²) in [6, 6.07) is 5.38. The minimum absolute atomic E-state index is 0.0593. The Bertz CT molecular complexity index is 1350. The number of aromatic nitrogens is 3. The lowest BCUT2D eigenvalue weighted by Gasteiger charge is -2.31. The lowest BCUT2D eigenvalue weighted by Crippen LogP contribution is -2.43. The topological polar surface area (TPSA) is 63.2 Å². The lowest BCUT2D eigenvalue weighted by molar-refractivity contribution is -0.115. The second-order valence-electron chi connectivity index (χ2n) is 10.0. The van der Waals surface area contributed by atoms with E-state index in [1.807, 2.05) is 38.1 Å². The summed E-state index contributed by atoms with van der Waals surface area (Å²) in [5.41, 5.74) is 2.17. The fourth-order valence-corrected chi connectivity index (χ4v) is 5.60. The van der Waals surface area contributed by atoms with Gasteiger partial charge in [-0.05, 0) is 63.2 Å². The van der Waals surface area contributed by atoms with Crippen molar-refractivity contribution in [2.45, 2.75) is 57.7 Å². The van der Waals surface area contributed by atoms with E-state index in [-0.39, 0.29) is 34.0 Å². The van der Waals surface area contributed by atoms with Gasteiger partial charge in [0.05, 0.1) is 10.9 Å². The summed E-state index contributed by atoms with van der Waals surface area (Å²) < 4.78 is 61.1. The van der Waals surface area contributed by atoms with Crippen LogP contribution in [0.3, 0.4) is 0 Å². The number of rotatable bonds is 8. The molecule has 0 amide bonds. The van der Waals surface area contributed by atoms with Crippen LogP contribution < -0.4 is 10.1 Å². The van der Waals surface area contributed by atoms with Gasteiger partial charge in [-0.15, -0.1) is 0 Å². The van der Waals surface area contributed by atoms with Gasteiger partial charge in [-0.1, -0.05) is 37.3 Å². The predicted octanol–water partition coefficient (Wildman–Crippen LogP) is 6.54. The average Bonchev–Trinajstić information content (AvgIpc) is 3.46. The van der Waals surface area contributed by atoms with Crippen LogP contribution in [-0.2, 0) is 0 Å². The van der Waals surface area contributed by atoms with Crippen LogP contribution in [0, 0.1) is 12.7 Å². The third-order valence-electron chi connectivity index (χ3n) is 7.56. The molecule has 2 aliphatic heterocycles. The Balaban J connectivity index is 1.56. The number of halogens is 4. The minimum atomic E-state index is -4.49. The van der Waals surface area contributed by atoms with Crippen molar-refractivity contribution in [2.24, 2.45) is 0 Å². The van der Waals surface area contributed by atoms with Gasteiger partial charge in [0.25, 0.3) is 0 Å². The van der Waals surface area contributed by atoms with Crippen molar-refractivity contribution in [3.05, 3.63) is 47.4 Å². The van der Waals surface area contributed by atoms with Crippen molar-refractivity contribution >= 4 is 22.8 Å². The van der Waals surface area contributed by atoms with Crippen LogP contribution in [0.2, 0.25) is 0 Å². The molecule has 38 heavy (non-hydrogen) atoms. The molecule has 10 heteroatoms. The Labute approximate surface area is 219 Å². The Morgan fingerprint density at radius 3 is 2.63 bits per heavy atom. The lowest BCUT2D eigenvalue weighted by atomic mass is 9.95. The van der Waals surface area contributed by atoms with Crippen LogP contribution in [0.15, 0.2) is 30.5 Å². The molecular weight excluding hydrogens is 498 g/mol. The number of ether oxygens (including phenoxy) is 1. The standard InChI is InChI=1S/C28H31F4N5O/c1-3-4-8-19-9-5-10-20(18(19)2)23-22(29)24-21(15-33-23)25(34-16-28(30,31)32)36-26(35-24)38-17-27-11-6-13-37(27)14-7-12-27/h4-5,8-10,15H,3,6-7,11-14,16-17H2,1-2H3,(H,34,35,36)/b8-4-. The van der Waals surface area contributed by atoms with Crippen molar-refractivity contribution in [3.63, 3.8) is 0 Å². The van der Waals surface area contributed by atoms with Gasteiger partial charge in [0, 0.05) is 11.8 Å². The highest BCUT2D eigenvalue weighted by atomic mass is 19.4. The molecular formula is C28H31F4N5O. The molecule has 2 saturated heterocycles. The highest BCUT2D eigenvalue weighted by molar-refractivity contribution is 5.92. The van der Waals surface area contributed by atoms with Crippen LogP contribution in [-0.4, -0.2) is 57.8 Å². The molecule has 2 fully saturated rings. The molecule has 0 radical (unpaired) electrons. The van der Waals surface area contributed by atoms with E-state index in [0.29, 0.717) is 12.2 Å². The predicted molar refractivity (Wildman–Crippen MR) is 140 cm³/mol. The SMILES string of the molecule is CC/C=C\c1cccc(-c2ncc3c(NCC(F)(F)F)nc(OCC45CCCN4CCC5)nc3c2F)c1C. The van der Waals surface area contributed by atoms with Crippen molar-refractivity contribution in [1.29, 1.82) is 0 Å². The molecule has 3 aromatic rings. The zero-order chi connectivity index (χ0) is 26.9. The summed E-state index contributed by atoms with van der Waals surface area (Å²) in [6.07, 6.45) is 5.76. The largest absolute Gasteiger partial charge is 0.461 e. The Hall–Kier alpha value is -3.27. The number of hydrogen-bond acceptors (Lipinski definition) is 6. The number of allylic oxidation sites excluding steroid dienone is 1. The molecule has 4 heterocycles. The van der Waals surface area contributed by atoms with Gasteiger partial charge in [-0.3, -0.25) is 9.88 Å². The Kier molecular flexibility index (Phi) is 7.26. The Morgan fingerprint density at radius 1 is 1.16 bits per heavy atom. The molecule has 1 N–H and O–H groups in total. The van der Waals surface area contributed by atoms with E-state index < -0.39 is 18.5 Å². The van der Waals surface area contributed by atoms with Gasteiger partial charge in [0.1, 0.15) is 30.2 Å². The van der Waals surface area contributed by atoms with E-state index in [1.165, 1.54) is 6.20 Å². The number of pyridine rings is 1. The van der Waals surface area contributed by atoms with Crippen LogP contribution in [0.1, 0.15) is 50.2 Å². The van der Waals surface area contributed by atoms with Crippen LogP contribution in [0.4, 0.5) is 23.4 Å². The molecule has 1 aromatic carbocycles. The van der Waals surface area contributed by atoms with Gasteiger partial charge in [0.2, 0.25) is 0 Å². The molecule has 202 valence electrons. The van der Waals surface area contributed by atoms with E-state index in [2.05, 4.69) is 25.2 Å². The molecule has 0 aliphatic carbocycles. The van der Waals surface area contributed by atoms with E-state index in [4.69, 9.17) is 4.74 Å². The number of fused-ring (bicyclic) bond motifs is 2. The zero-order valence-electron chi connectivity index (χ0n) is 21.5. The first kappa shape index (κ1) is 26.3. The first-order valence-corrected chi connectivity index (χ1v) is 13.0. The van der Waals surface area contributed by atoms with Gasteiger partial charge >= 0.3 is 12.2 Å². The number of benzene rings is 1. The third-order valence-corrected chi connectivity index (χ3v) is 7.56. The maximum absolute atomic E-state index is 16.0. The van der Waals surface area contributed by atoms with Crippen molar-refractivity contribution in [1.82, 2.24) is 19.9 Å². The van der Waals surface area contributed by atoms with Crippen molar-refractivity contribution < 1.29 is 22.3 Å². The van der Waals surface area contributed by atoms with Crippen LogP contribution in [0.25, 0.3) is 28.2 Å². The van der Waals surface area contributed by atoms with Crippen molar-refractivity contribution in [2.75, 3.05) is 31.6 Å².